The Bertz CT molecular complexity index is 5390. The van der Waals surface area contributed by atoms with Gasteiger partial charge in [0.05, 0.1) is 52.7 Å². The van der Waals surface area contributed by atoms with Gasteiger partial charge in [0, 0.05) is 79.8 Å². The number of carbonyl (C=O) groups is 6. The number of carbonyl (C=O) groups excluding carboxylic acids is 9. The molecule has 3 aromatic heterocycles. The van der Waals surface area contributed by atoms with Crippen LogP contribution in [0.15, 0.2) is 54.6 Å². The molecule has 775 valence electrons. The van der Waals surface area contributed by atoms with Crippen LogP contribution in [0.25, 0.3) is 33.1 Å². The van der Waals surface area contributed by atoms with Crippen LogP contribution in [0.5, 0.6) is 34.9 Å². The van der Waals surface area contributed by atoms with Crippen LogP contribution in [0.1, 0.15) is 230 Å². The summed E-state index contributed by atoms with van der Waals surface area (Å²) in [6, 6.07) is 7.33. The summed E-state index contributed by atoms with van der Waals surface area (Å²) < 4.78 is 167. The summed E-state index contributed by atoms with van der Waals surface area (Å²) in [7, 11) is 0. The Kier molecular flexibility index (Phi) is 36.5. The molecule has 7 fully saturated rings. The zero-order valence-electron chi connectivity index (χ0n) is 82.3. The predicted molar refractivity (Wildman–Crippen MR) is 488 cm³/mol. The van der Waals surface area contributed by atoms with E-state index in [1.165, 1.54) is 51.1 Å². The quantitative estimate of drug-likeness (QED) is 0.0687. The minimum atomic E-state index is -4.50. The van der Waals surface area contributed by atoms with Crippen LogP contribution in [0.3, 0.4) is 0 Å². The SMILES string of the molecule is C[C@@H]1[C@@H]2CN(C(=O)[C@H](C(C)(C)C)NC(=O)O[C@@H]3CC4CC4[C@H]3CCCCCc3nc4ccc(OCC(F)(F)F)cc4nc3O2)[C@@H]1[C-]=O.C[C@@H]1[C@@H]2CN(C(=O)[C@H](C(C)(C)C)NC(=O)O[C@]3(C)CCC[C@H]3CCCCCc3nc4ccc(OCC(F)(F)F)cc4nc3O2)[C@@H]1[C-]=O.C[C@@H]1[C@@H]2CN(C(=O)[C@H](C(C)(C)C)NC(=O)O[C@]3(C)C[C@H]3CCCCCc3nc4ccc(OCC(F)(F)F)cc4nc3O2)[C@@H]1[C-]=O.[V].[V].[V]. The molecule has 3 radical (unpaired) electrons. The van der Waals surface area contributed by atoms with E-state index in [0.29, 0.717) is 75.8 Å². The molecule has 16 rings (SSSR count). The molecule has 10 aliphatic rings. The van der Waals surface area contributed by atoms with Gasteiger partial charge in [-0.25, -0.2) is 63.1 Å². The second-order valence-corrected chi connectivity index (χ2v) is 42.8. The minimum absolute atomic E-state index is 0. The Balaban J connectivity index is 0.000000201. The molecule has 2 unspecified atom stereocenters. The van der Waals surface area contributed by atoms with Gasteiger partial charge >= 0.3 is 36.8 Å². The number of benzene rings is 3. The summed E-state index contributed by atoms with van der Waals surface area (Å²) in [6.07, 6.45) is 5.77. The summed E-state index contributed by atoms with van der Waals surface area (Å²) in [6.45, 7) is 21.4. The van der Waals surface area contributed by atoms with E-state index in [9.17, 15) is 82.7 Å². The number of hydrogen-bond donors (Lipinski definition) is 3. The number of alkyl halides is 9. The van der Waals surface area contributed by atoms with Crippen molar-refractivity contribution in [1.29, 1.82) is 0 Å². The maximum absolute atomic E-state index is 14.1. The van der Waals surface area contributed by atoms with E-state index >= 15 is 0 Å². The molecular formula is C100H126F9N12O18V3-3. The minimum Gasteiger partial charge on any atom is -0.540 e. The fourth-order valence-corrected chi connectivity index (χ4v) is 20.8. The van der Waals surface area contributed by atoms with Crippen molar-refractivity contribution in [3.63, 3.8) is 0 Å². The van der Waals surface area contributed by atoms with E-state index in [4.69, 9.17) is 57.6 Å². The molecule has 20 atom stereocenters. The molecule has 6 amide bonds. The first-order chi connectivity index (χ1) is 65.4. The van der Waals surface area contributed by atoms with E-state index in [0.717, 1.165) is 116 Å². The fraction of sp³-hybridized carbons (Fsp3) is 0.670. The van der Waals surface area contributed by atoms with Crippen LogP contribution >= 0.6 is 0 Å². The van der Waals surface area contributed by atoms with E-state index in [2.05, 4.69) is 30.9 Å². The molecule has 3 saturated heterocycles. The number of amides is 6. The maximum atomic E-state index is 14.1. The van der Waals surface area contributed by atoms with Gasteiger partial charge in [-0.05, 0) is 204 Å². The molecule has 3 N–H and O–H groups in total. The predicted octanol–water partition coefficient (Wildman–Crippen LogP) is 17.0. The van der Waals surface area contributed by atoms with Crippen LogP contribution in [0, 0.1) is 63.6 Å². The second-order valence-electron chi connectivity index (χ2n) is 42.8. The number of aromatic nitrogens is 6. The Morgan fingerprint density at radius 3 is 1.07 bits per heavy atom. The number of rotatable bonds is 9. The Morgan fingerprint density at radius 2 is 0.725 bits per heavy atom. The Morgan fingerprint density at radius 1 is 0.394 bits per heavy atom. The summed E-state index contributed by atoms with van der Waals surface area (Å²) in [5.41, 5.74) is 0.693. The number of ether oxygens (including phenoxy) is 9. The molecule has 42 heteroatoms. The van der Waals surface area contributed by atoms with Crippen LogP contribution in [0.2, 0.25) is 0 Å². The van der Waals surface area contributed by atoms with Crippen molar-refractivity contribution in [2.24, 2.45) is 63.6 Å². The fourth-order valence-electron chi connectivity index (χ4n) is 20.8. The number of alkyl carbamates (subject to hydrolysis) is 3. The van der Waals surface area contributed by atoms with Gasteiger partial charge in [-0.1, -0.05) is 140 Å². The molecule has 9 heterocycles. The average Bonchev–Trinajstić information content (AvgIpc) is 1.60. The van der Waals surface area contributed by atoms with Crippen molar-refractivity contribution in [3.05, 3.63) is 71.7 Å². The molecule has 4 aliphatic carbocycles. The van der Waals surface area contributed by atoms with E-state index in [1.54, 1.807) is 39.0 Å². The molecule has 0 spiro atoms. The zero-order chi connectivity index (χ0) is 101. The third-order valence-corrected chi connectivity index (χ3v) is 29.0. The molecule has 6 bridgehead atoms. The van der Waals surface area contributed by atoms with Crippen molar-refractivity contribution in [3.8, 4) is 34.9 Å². The number of aryl methyl sites for hydroxylation is 3. The van der Waals surface area contributed by atoms with Crippen molar-refractivity contribution in [2.75, 3.05) is 39.5 Å². The van der Waals surface area contributed by atoms with Crippen molar-refractivity contribution in [2.45, 2.75) is 322 Å². The van der Waals surface area contributed by atoms with E-state index < -0.39 is 174 Å². The van der Waals surface area contributed by atoms with Gasteiger partial charge in [-0.15, -0.1) is 0 Å². The Labute approximate surface area is 856 Å². The summed E-state index contributed by atoms with van der Waals surface area (Å²) in [4.78, 5) is 151. The topological polar surface area (TPSA) is 360 Å². The zero-order valence-corrected chi connectivity index (χ0v) is 86.5. The molecule has 3 aromatic carbocycles. The smallest absolute Gasteiger partial charge is 0.422 e. The third kappa shape index (κ3) is 27.8. The standard InChI is InChI=1S/C34H42F3N4O6.C34H44F3N4O6.C32H40F3N4O6.3V/c1-18-26(16-42)41-15-28(18)46-30-24(38-23-11-10-20(14-25(23)39-30)45-17-34(35,36)37)9-7-5-6-8-21-22-12-19(22)13-27(21)47-32(44)40-29(31(41)43)33(2,3)4;1-20-26(18-42)41-17-27(20)46-29-24(38-23-14-13-22(16-25(23)39-29)45-19-34(35,36)37)12-8-6-7-10-21-11-9-15-33(21,5)47-31(44)40-28(30(41)43)32(2,3)4;1-18-24(16-40)39-15-25(18)44-27-22(36-21-12-11-20(13-23(21)37-27)43-17-32(33,34)35)10-8-6-7-9-19-14-31(19,5)45-29(42)38-26(28(39)41)30(2,3)4;;;/h10-11,14,18-19,21-22,26-29H,5-9,12-13,15,17H2,1-4H3,(H,40,44);13-14,16,20-21,26-28H,6-12,15,17,19H2,1-5H3,(H,40,44);11-13,18-19,24-26H,6-10,14-15,17H2,1-5H3,(H,38,42);;;/q3*-1;;;/t18-,19?,21+,22?,26+,27+,28-,29+;20-,21+,26+,27-,28+,33+;18-,19+,24+,25-,26+,31+;;;/m000.../s1. The van der Waals surface area contributed by atoms with Crippen molar-refractivity contribution < 1.29 is 181 Å². The first-order valence-electron chi connectivity index (χ1n) is 48.4. The van der Waals surface area contributed by atoms with Gasteiger partial charge < -0.3 is 87.7 Å². The van der Waals surface area contributed by atoms with Crippen molar-refractivity contribution in [1.82, 2.24) is 60.6 Å². The average molecular weight is 2110 g/mol. The van der Waals surface area contributed by atoms with Gasteiger partial charge in [-0.2, -0.15) is 39.5 Å². The van der Waals surface area contributed by atoms with Gasteiger partial charge in [0.2, 0.25) is 35.4 Å². The molecule has 4 saturated carbocycles. The van der Waals surface area contributed by atoms with E-state index in [-0.39, 0.29) is 140 Å². The van der Waals surface area contributed by atoms with Gasteiger partial charge in [0.15, 0.2) is 19.8 Å². The van der Waals surface area contributed by atoms with Crippen LogP contribution < -0.4 is 44.4 Å². The first-order valence-corrected chi connectivity index (χ1v) is 48.4. The number of nitrogens with zero attached hydrogens (tertiary/aromatic N) is 9. The number of nitrogens with one attached hydrogen (secondary N) is 3. The third-order valence-electron chi connectivity index (χ3n) is 29.0. The maximum Gasteiger partial charge on any atom is 0.422 e. The number of fused-ring (bicyclic) bond motifs is 17. The number of hydrogen-bond acceptors (Lipinski definition) is 24. The van der Waals surface area contributed by atoms with Gasteiger partial charge in [0.1, 0.15) is 88.1 Å². The van der Waals surface area contributed by atoms with Crippen LogP contribution in [-0.4, -0.2) is 229 Å². The summed E-state index contributed by atoms with van der Waals surface area (Å²) in [5, 5.41) is 8.42. The van der Waals surface area contributed by atoms with Gasteiger partial charge in [0.25, 0.3) is 0 Å². The second kappa shape index (κ2) is 45.9. The largest absolute Gasteiger partial charge is 0.540 e. The van der Waals surface area contributed by atoms with Gasteiger partial charge in [-0.3, -0.25) is 14.4 Å². The van der Waals surface area contributed by atoms with Crippen molar-refractivity contribution >= 4 is 88.0 Å². The van der Waals surface area contributed by atoms with E-state index in [1.807, 2.05) is 95.0 Å². The monoisotopic (exact) mass is 2110 g/mol. The Hall–Kier alpha value is -9.17. The first kappa shape index (κ1) is 113. The molecule has 6 aromatic rings. The molecule has 30 nitrogen and oxygen atoms in total. The normalized spacial score (nSPS) is 29.7. The van der Waals surface area contributed by atoms with Crippen LogP contribution in [-0.2, 0) is 118 Å². The van der Waals surface area contributed by atoms with Crippen LogP contribution in [0.4, 0.5) is 53.9 Å². The molecular weight excluding hydrogens is 1980 g/mol. The summed E-state index contributed by atoms with van der Waals surface area (Å²) >= 11 is 0. The number of halogens is 9. The molecule has 6 aliphatic heterocycles. The summed E-state index contributed by atoms with van der Waals surface area (Å²) in [5.74, 6) is -0.451. The molecule has 142 heavy (non-hydrogen) atoms.